The van der Waals surface area contributed by atoms with Crippen LogP contribution in [0.5, 0.6) is 0 Å². The summed E-state index contributed by atoms with van der Waals surface area (Å²) in [6, 6.07) is 31.3. The number of aromatic nitrogens is 4. The summed E-state index contributed by atoms with van der Waals surface area (Å²) in [6.45, 7) is -0.102. The number of carbonyl (C=O) groups excluding carboxylic acids is 2. The molecular weight excluding hydrogens is 722 g/mol. The van der Waals surface area contributed by atoms with Crippen LogP contribution in [0, 0.1) is 0 Å². The maximum atomic E-state index is 13.1. The fraction of sp³-hybridized carbons (Fsp3) is 0.308. The van der Waals surface area contributed by atoms with Crippen LogP contribution in [0.15, 0.2) is 108 Å². The molecule has 54 heavy (non-hydrogen) atoms. The van der Waals surface area contributed by atoms with Crippen molar-refractivity contribution in [1.29, 1.82) is 0 Å². The third-order valence-corrected chi connectivity index (χ3v) is 10.5. The van der Waals surface area contributed by atoms with Crippen LogP contribution in [-0.2, 0) is 32.2 Å². The normalized spacial score (nSPS) is 20.2. The zero-order valence-electron chi connectivity index (χ0n) is 28.9. The number of halogens is 3. The van der Waals surface area contributed by atoms with Crippen molar-refractivity contribution >= 4 is 23.6 Å². The molecule has 0 radical (unpaired) electrons. The topological polar surface area (TPSA) is 132 Å². The number of alkyl halides is 3. The van der Waals surface area contributed by atoms with E-state index < -0.39 is 30.3 Å². The Labute approximate surface area is 313 Å². The molecule has 0 unspecified atom stereocenters. The van der Waals surface area contributed by atoms with Crippen molar-refractivity contribution in [1.82, 2.24) is 30.4 Å². The highest BCUT2D eigenvalue weighted by Crippen LogP contribution is 2.40. The number of aliphatic hydroxyl groups is 1. The molecule has 3 heterocycles. The third-order valence-electron chi connectivity index (χ3n) is 9.48. The van der Waals surface area contributed by atoms with Gasteiger partial charge in [0.2, 0.25) is 11.1 Å². The van der Waals surface area contributed by atoms with Crippen molar-refractivity contribution in [2.24, 2.45) is 0 Å². The summed E-state index contributed by atoms with van der Waals surface area (Å²) in [5.74, 6) is -2.06. The molecule has 0 saturated carbocycles. The monoisotopic (exact) mass is 758 g/mol. The molecular formula is C39H37F3N6O5S. The van der Waals surface area contributed by atoms with Gasteiger partial charge in [-0.15, -0.1) is 5.10 Å². The van der Waals surface area contributed by atoms with E-state index in [9.17, 15) is 27.9 Å². The van der Waals surface area contributed by atoms with Crippen LogP contribution >= 0.6 is 11.8 Å². The van der Waals surface area contributed by atoms with Gasteiger partial charge < -0.3 is 24.8 Å². The highest BCUT2D eigenvalue weighted by Gasteiger charge is 2.47. The smallest absolute Gasteiger partial charge is 0.392 e. The molecule has 2 fully saturated rings. The minimum Gasteiger partial charge on any atom is -0.392 e. The number of aliphatic hydroxyl groups excluding tert-OH is 1. The van der Waals surface area contributed by atoms with Gasteiger partial charge in [-0.25, -0.2) is 0 Å². The van der Waals surface area contributed by atoms with Gasteiger partial charge in [0.05, 0.1) is 24.5 Å². The van der Waals surface area contributed by atoms with Crippen LogP contribution < -0.4 is 5.32 Å². The first-order chi connectivity index (χ1) is 26.2. The van der Waals surface area contributed by atoms with E-state index in [0.717, 1.165) is 39.1 Å². The van der Waals surface area contributed by atoms with Gasteiger partial charge in [-0.05, 0) is 63.2 Å². The van der Waals surface area contributed by atoms with E-state index in [-0.39, 0.29) is 38.3 Å². The highest BCUT2D eigenvalue weighted by molar-refractivity contribution is 7.99. The van der Waals surface area contributed by atoms with Gasteiger partial charge in [-0.3, -0.25) is 9.59 Å². The highest BCUT2D eigenvalue weighted by atomic mass is 32.2. The van der Waals surface area contributed by atoms with Crippen molar-refractivity contribution in [2.75, 3.05) is 12.3 Å². The van der Waals surface area contributed by atoms with Gasteiger partial charge in [-0.2, -0.15) is 17.9 Å². The number of benzene rings is 4. The summed E-state index contributed by atoms with van der Waals surface area (Å²) in [6.07, 6.45) is -5.19. The molecule has 5 aromatic rings. The number of hydrogen-bond acceptors (Lipinski definition) is 9. The Kier molecular flexibility index (Phi) is 11.4. The predicted molar refractivity (Wildman–Crippen MR) is 193 cm³/mol. The Morgan fingerprint density at radius 1 is 0.907 bits per heavy atom. The van der Waals surface area contributed by atoms with Gasteiger partial charge >= 0.3 is 12.1 Å². The fourth-order valence-corrected chi connectivity index (χ4v) is 7.62. The SMILES string of the molecule is O=C(NCc1ccccc1-c1ccc([C@@H]2O[C@H](CSc3nnnn3-c3ccccc3)C[C@H](c3ccc(CO)cc3)O2)cc1)[C@@H]1CCCN1C(=O)C(F)(F)F. The van der Waals surface area contributed by atoms with Gasteiger partial charge in [-0.1, -0.05) is 103 Å². The molecule has 2 N–H and O–H groups in total. The van der Waals surface area contributed by atoms with Crippen LogP contribution in [0.2, 0.25) is 0 Å². The number of rotatable bonds is 11. The molecule has 7 rings (SSSR count). The number of para-hydroxylation sites is 1. The minimum absolute atomic E-state index is 0.0587. The lowest BCUT2D eigenvalue weighted by Crippen LogP contribution is -2.50. The summed E-state index contributed by atoms with van der Waals surface area (Å²) in [7, 11) is 0. The lowest BCUT2D eigenvalue weighted by atomic mass is 9.97. The average Bonchev–Trinajstić information content (AvgIpc) is 3.90. The molecule has 280 valence electrons. The molecule has 15 heteroatoms. The Bertz CT molecular complexity index is 2050. The summed E-state index contributed by atoms with van der Waals surface area (Å²) in [5, 5.41) is 25.2. The number of hydrogen-bond donors (Lipinski definition) is 2. The van der Waals surface area contributed by atoms with Gasteiger partial charge in [0.25, 0.3) is 0 Å². The standard InChI is InChI=1S/C39H37F3N6O5S/c40-39(41,42)37(51)47-20-6-11-33(47)35(50)43-22-29-7-4-5-10-32(29)26-16-18-28(19-17-26)36-52-31(21-34(53-36)27-14-12-25(23-49)13-15-27)24-54-38-44-45-46-48(38)30-8-2-1-3-9-30/h1-5,7-10,12-19,31,33-34,36,49H,6,11,20-24H2,(H,43,50)/t31-,33-,34+,36+/m0/s1. The van der Waals surface area contributed by atoms with Crippen molar-refractivity contribution in [3.63, 3.8) is 0 Å². The molecule has 4 aromatic carbocycles. The Morgan fingerprint density at radius 2 is 1.63 bits per heavy atom. The molecule has 11 nitrogen and oxygen atoms in total. The number of nitrogens with one attached hydrogen (secondary N) is 1. The number of nitrogens with zero attached hydrogens (tertiary/aromatic N) is 5. The first-order valence-electron chi connectivity index (χ1n) is 17.5. The Balaban J connectivity index is 1.06. The molecule has 2 aliphatic heterocycles. The quantitative estimate of drug-likeness (QED) is 0.149. The first kappa shape index (κ1) is 37.2. The Hall–Kier alpha value is -5.09. The van der Waals surface area contributed by atoms with Crippen molar-refractivity contribution < 1.29 is 37.3 Å². The molecule has 2 saturated heterocycles. The van der Waals surface area contributed by atoms with Gasteiger partial charge in [0.1, 0.15) is 6.04 Å². The predicted octanol–water partition coefficient (Wildman–Crippen LogP) is 6.33. The second-order valence-corrected chi connectivity index (χ2v) is 14.0. The second-order valence-electron chi connectivity index (χ2n) is 13.0. The summed E-state index contributed by atoms with van der Waals surface area (Å²) < 4.78 is 54.1. The molecule has 0 spiro atoms. The van der Waals surface area contributed by atoms with E-state index in [0.29, 0.717) is 28.7 Å². The van der Waals surface area contributed by atoms with E-state index in [4.69, 9.17) is 9.47 Å². The van der Waals surface area contributed by atoms with Crippen molar-refractivity contribution in [2.45, 2.75) is 68.3 Å². The molecule has 1 aromatic heterocycles. The van der Waals surface area contributed by atoms with E-state index in [1.807, 2.05) is 103 Å². The number of ether oxygens (including phenoxy) is 2. The molecule has 0 bridgehead atoms. The summed E-state index contributed by atoms with van der Waals surface area (Å²) in [5.41, 5.74) is 5.84. The number of tetrazole rings is 1. The summed E-state index contributed by atoms with van der Waals surface area (Å²) >= 11 is 1.49. The molecule has 0 aliphatic carbocycles. The number of amides is 2. The third kappa shape index (κ3) is 8.49. The maximum absolute atomic E-state index is 13.1. The van der Waals surface area contributed by atoms with Crippen LogP contribution in [-0.4, -0.2) is 72.6 Å². The summed E-state index contributed by atoms with van der Waals surface area (Å²) in [4.78, 5) is 25.5. The van der Waals surface area contributed by atoms with Crippen LogP contribution in [0.4, 0.5) is 13.2 Å². The fourth-order valence-electron chi connectivity index (χ4n) is 6.71. The van der Waals surface area contributed by atoms with E-state index in [1.165, 1.54) is 11.8 Å². The zero-order valence-corrected chi connectivity index (χ0v) is 29.7. The lowest BCUT2D eigenvalue weighted by Gasteiger charge is -2.36. The second kappa shape index (κ2) is 16.5. The van der Waals surface area contributed by atoms with Crippen molar-refractivity contribution in [3.8, 4) is 16.8 Å². The van der Waals surface area contributed by atoms with Crippen molar-refractivity contribution in [3.05, 3.63) is 125 Å². The maximum Gasteiger partial charge on any atom is 0.471 e. The zero-order chi connectivity index (χ0) is 37.7. The van der Waals surface area contributed by atoms with Gasteiger partial charge in [0.15, 0.2) is 6.29 Å². The largest absolute Gasteiger partial charge is 0.471 e. The van der Waals surface area contributed by atoms with Crippen LogP contribution in [0.1, 0.15) is 53.9 Å². The van der Waals surface area contributed by atoms with Crippen LogP contribution in [0.3, 0.4) is 0 Å². The van der Waals surface area contributed by atoms with E-state index >= 15 is 0 Å². The number of carbonyl (C=O) groups is 2. The van der Waals surface area contributed by atoms with Gasteiger partial charge in [0, 0.05) is 30.8 Å². The minimum atomic E-state index is -5.04. The molecule has 4 atom stereocenters. The van der Waals surface area contributed by atoms with Crippen LogP contribution in [0.25, 0.3) is 16.8 Å². The molecule has 2 amide bonds. The number of thioether (sulfide) groups is 1. The van der Waals surface area contributed by atoms with E-state index in [2.05, 4.69) is 20.8 Å². The average molecular weight is 759 g/mol. The lowest BCUT2D eigenvalue weighted by molar-refractivity contribution is -0.245. The Morgan fingerprint density at radius 3 is 2.37 bits per heavy atom. The van der Waals surface area contributed by atoms with E-state index in [1.54, 1.807) is 4.68 Å². The first-order valence-corrected chi connectivity index (χ1v) is 18.5. The molecule has 2 aliphatic rings. The number of likely N-dealkylation sites (tertiary alicyclic amines) is 1.